The topological polar surface area (TPSA) is 74.1 Å². The number of rotatable bonds is 7. The van der Waals surface area contributed by atoms with Crippen LogP contribution in [0.5, 0.6) is 0 Å². The quantitative estimate of drug-likeness (QED) is 0.521. The van der Waals surface area contributed by atoms with Crippen molar-refractivity contribution in [1.82, 2.24) is 9.88 Å². The minimum absolute atomic E-state index is 0.1000. The Bertz CT molecular complexity index is 1080. The van der Waals surface area contributed by atoms with Gasteiger partial charge in [0.2, 0.25) is 5.91 Å². The molecule has 2 heterocycles. The van der Waals surface area contributed by atoms with Crippen molar-refractivity contribution >= 4 is 35.4 Å². The molecular weight excluding hydrogens is 436 g/mol. The smallest absolute Gasteiger partial charge is 0.268 e. The number of benzene rings is 1. The Morgan fingerprint density at radius 3 is 2.59 bits per heavy atom. The van der Waals surface area contributed by atoms with Gasteiger partial charge in [0.1, 0.15) is 5.54 Å². The molecule has 1 aromatic carbocycles. The van der Waals surface area contributed by atoms with Crippen LogP contribution in [0, 0.1) is 11.3 Å². The van der Waals surface area contributed by atoms with E-state index in [2.05, 4.69) is 4.98 Å². The third-order valence-corrected chi connectivity index (χ3v) is 5.85. The highest BCUT2D eigenvalue weighted by Crippen LogP contribution is 2.41. The fourth-order valence-electron chi connectivity index (χ4n) is 3.83. The molecule has 166 valence electrons. The third kappa shape index (κ3) is 5.20. The zero-order chi connectivity index (χ0) is 23.4. The first-order chi connectivity index (χ1) is 15.2. The number of nitrogens with zero attached hydrogens (tertiary/aromatic N) is 3. The largest absolute Gasteiger partial charge is 0.318 e. The summed E-state index contributed by atoms with van der Waals surface area (Å²) in [6.45, 7) is 0.804. The van der Waals surface area contributed by atoms with Gasteiger partial charge in [0.15, 0.2) is 5.78 Å². The van der Waals surface area contributed by atoms with Crippen LogP contribution >= 0.6 is 11.6 Å². The molecule has 0 saturated carbocycles. The molecule has 1 atom stereocenters. The van der Waals surface area contributed by atoms with Crippen molar-refractivity contribution in [2.24, 2.45) is 0 Å². The maximum absolute atomic E-state index is 14.0. The van der Waals surface area contributed by atoms with Crippen LogP contribution < -0.4 is 0 Å². The summed E-state index contributed by atoms with van der Waals surface area (Å²) in [5.74, 6) is -4.04. The van der Waals surface area contributed by atoms with Crippen LogP contribution in [0.4, 0.5) is 8.78 Å². The number of carbonyl (C=O) groups excluding carboxylic acids is 2. The summed E-state index contributed by atoms with van der Waals surface area (Å²) in [6, 6.07) is 10.6. The van der Waals surface area contributed by atoms with Crippen LogP contribution in [0.2, 0.25) is 5.02 Å². The number of halogens is 3. The Kier molecular flexibility index (Phi) is 7.05. The predicted molar refractivity (Wildman–Crippen MR) is 118 cm³/mol. The number of hydrogen-bond acceptors (Lipinski definition) is 4. The number of amides is 1. The Labute approximate surface area is 190 Å². The van der Waals surface area contributed by atoms with Gasteiger partial charge in [0.05, 0.1) is 12.6 Å². The first kappa shape index (κ1) is 23.6. The van der Waals surface area contributed by atoms with Gasteiger partial charge in [-0.2, -0.15) is 5.26 Å². The lowest BCUT2D eigenvalue weighted by Gasteiger charge is -2.30. The van der Waals surface area contributed by atoms with E-state index in [1.807, 2.05) is 24.3 Å². The molecule has 8 heteroatoms. The van der Waals surface area contributed by atoms with Crippen molar-refractivity contribution in [3.8, 4) is 6.07 Å². The van der Waals surface area contributed by atoms with E-state index >= 15 is 0 Å². The van der Waals surface area contributed by atoms with Crippen LogP contribution in [0.25, 0.3) is 12.2 Å². The van der Waals surface area contributed by atoms with Gasteiger partial charge in [-0.05, 0) is 30.2 Å². The maximum Gasteiger partial charge on any atom is 0.268 e. The monoisotopic (exact) mass is 457 g/mol. The van der Waals surface area contributed by atoms with Crippen molar-refractivity contribution in [2.45, 2.75) is 44.1 Å². The summed E-state index contributed by atoms with van der Waals surface area (Å²) in [5.41, 5.74) is 0.306. The van der Waals surface area contributed by atoms with E-state index in [1.165, 1.54) is 6.20 Å². The summed E-state index contributed by atoms with van der Waals surface area (Å²) in [5, 5.41) is 10.1. The van der Waals surface area contributed by atoms with E-state index < -0.39 is 30.3 Å². The molecule has 32 heavy (non-hydrogen) atoms. The van der Waals surface area contributed by atoms with Crippen molar-refractivity contribution < 1.29 is 18.4 Å². The summed E-state index contributed by atoms with van der Waals surface area (Å²) < 4.78 is 27.9. The Morgan fingerprint density at radius 1 is 1.22 bits per heavy atom. The molecule has 1 fully saturated rings. The second kappa shape index (κ2) is 9.58. The second-order valence-electron chi connectivity index (χ2n) is 7.78. The minimum atomic E-state index is -3.11. The molecule has 5 nitrogen and oxygen atoms in total. The number of pyridine rings is 1. The van der Waals surface area contributed by atoms with E-state index in [4.69, 9.17) is 11.6 Å². The highest BCUT2D eigenvalue weighted by Gasteiger charge is 2.56. The molecule has 3 rings (SSSR count). The summed E-state index contributed by atoms with van der Waals surface area (Å²) in [6.07, 6.45) is 5.58. The Hall–Kier alpha value is -3.11. The number of ketones is 1. The average molecular weight is 458 g/mol. The van der Waals surface area contributed by atoms with Gasteiger partial charge in [0, 0.05) is 47.8 Å². The van der Waals surface area contributed by atoms with Gasteiger partial charge in [-0.1, -0.05) is 42.8 Å². The van der Waals surface area contributed by atoms with Crippen LogP contribution in [0.3, 0.4) is 0 Å². The molecule has 2 aromatic rings. The zero-order valence-corrected chi connectivity index (χ0v) is 18.3. The Morgan fingerprint density at radius 2 is 1.94 bits per heavy atom. The minimum Gasteiger partial charge on any atom is -0.318 e. The number of alkyl halides is 2. The summed E-state index contributed by atoms with van der Waals surface area (Å²) >= 11 is 5.89. The van der Waals surface area contributed by atoms with Gasteiger partial charge < -0.3 is 4.90 Å². The van der Waals surface area contributed by atoms with Crippen LogP contribution in [0.1, 0.15) is 54.1 Å². The average Bonchev–Trinajstić information content (AvgIpc) is 3.08. The molecule has 1 aliphatic heterocycles. The molecule has 1 saturated heterocycles. The van der Waals surface area contributed by atoms with Crippen LogP contribution in [0.15, 0.2) is 42.7 Å². The number of Topliss-reactive ketones (excluding diaryl/α,β-unsaturated/α-hetero) is 1. The second-order valence-corrected chi connectivity index (χ2v) is 8.22. The maximum atomic E-state index is 14.0. The lowest BCUT2D eigenvalue weighted by Crippen LogP contribution is -2.46. The molecule has 1 amide bonds. The molecule has 1 aliphatic rings. The molecule has 0 aliphatic carbocycles. The van der Waals surface area contributed by atoms with E-state index in [9.17, 15) is 23.6 Å². The standard InChI is InChI=1S/C24H22ClF2N3O2/c1-2-23(15-28)14-24(26,27)16-30(23)22(32)10-9-21(31)20-11-12-29-13-18(20)6-3-17-4-7-19(25)8-5-17/h3-8,11-13H,2,9-10,14,16H2,1H3/b6-3+/t23-/m0/s1. The van der Waals surface area contributed by atoms with Crippen molar-refractivity contribution in [2.75, 3.05) is 6.54 Å². The van der Waals surface area contributed by atoms with Gasteiger partial charge in [0.25, 0.3) is 5.92 Å². The van der Waals surface area contributed by atoms with Crippen molar-refractivity contribution in [3.05, 3.63) is 64.4 Å². The van der Waals surface area contributed by atoms with E-state index in [0.29, 0.717) is 16.1 Å². The SMILES string of the molecule is CC[C@@]1(C#N)CC(F)(F)CN1C(=O)CCC(=O)c1ccncc1/C=C/c1ccc(Cl)cc1. The van der Waals surface area contributed by atoms with Crippen molar-refractivity contribution in [1.29, 1.82) is 5.26 Å². The molecule has 0 N–H and O–H groups in total. The molecule has 0 unspecified atom stereocenters. The molecule has 0 bridgehead atoms. The number of carbonyl (C=O) groups is 2. The van der Waals surface area contributed by atoms with E-state index in [-0.39, 0.29) is 25.0 Å². The zero-order valence-electron chi connectivity index (χ0n) is 17.5. The van der Waals surface area contributed by atoms with E-state index in [1.54, 1.807) is 37.4 Å². The normalized spacial score (nSPS) is 19.8. The third-order valence-electron chi connectivity index (χ3n) is 5.59. The molecule has 1 aromatic heterocycles. The predicted octanol–water partition coefficient (Wildman–Crippen LogP) is 5.41. The number of aromatic nitrogens is 1. The fourth-order valence-corrected chi connectivity index (χ4v) is 3.95. The first-order valence-corrected chi connectivity index (χ1v) is 10.6. The van der Waals surface area contributed by atoms with Crippen LogP contribution in [-0.2, 0) is 4.79 Å². The lowest BCUT2D eigenvalue weighted by molar-refractivity contribution is -0.134. The number of likely N-dealkylation sites (tertiary alicyclic amines) is 1. The highest BCUT2D eigenvalue weighted by atomic mass is 35.5. The lowest BCUT2D eigenvalue weighted by atomic mass is 9.93. The van der Waals surface area contributed by atoms with Crippen LogP contribution in [-0.4, -0.2) is 39.6 Å². The van der Waals surface area contributed by atoms with Gasteiger partial charge >= 0.3 is 0 Å². The molecular formula is C24H22ClF2N3O2. The fraction of sp³-hybridized carbons (Fsp3) is 0.333. The summed E-state index contributed by atoms with van der Waals surface area (Å²) in [7, 11) is 0. The molecule has 0 radical (unpaired) electrons. The first-order valence-electron chi connectivity index (χ1n) is 10.2. The summed E-state index contributed by atoms with van der Waals surface area (Å²) in [4.78, 5) is 30.5. The Balaban J connectivity index is 1.71. The van der Waals surface area contributed by atoms with Gasteiger partial charge in [-0.3, -0.25) is 14.6 Å². The molecule has 0 spiro atoms. The van der Waals surface area contributed by atoms with Gasteiger partial charge in [-0.25, -0.2) is 8.78 Å². The number of nitriles is 1. The van der Waals surface area contributed by atoms with Gasteiger partial charge in [-0.15, -0.1) is 0 Å². The van der Waals surface area contributed by atoms with E-state index in [0.717, 1.165) is 10.5 Å². The highest BCUT2D eigenvalue weighted by molar-refractivity contribution is 6.30. The number of hydrogen-bond donors (Lipinski definition) is 0. The van der Waals surface area contributed by atoms with Crippen molar-refractivity contribution in [3.63, 3.8) is 0 Å².